The highest BCUT2D eigenvalue weighted by Crippen LogP contribution is 2.19. The molecule has 1 aromatic heterocycles. The van der Waals surface area contributed by atoms with Crippen molar-refractivity contribution in [3.8, 4) is 0 Å². The standard InChI is InChI=1S/C14H16BrFN2O2S/c1-20-8-7-18-6-5-17-14(18)4-9-21(19)11-2-3-13(16)12(15)10-11/h2-3,5-6,10H,4,7-9H2,1H3. The number of methoxy groups -OCH3 is 1. The maximum absolute atomic E-state index is 13.2. The Morgan fingerprint density at radius 2 is 2.29 bits per heavy atom. The van der Waals surface area contributed by atoms with Crippen LogP contribution in [0, 0.1) is 5.82 Å². The molecule has 114 valence electrons. The van der Waals surface area contributed by atoms with Crippen LogP contribution in [0.1, 0.15) is 5.82 Å². The molecule has 0 amide bonds. The van der Waals surface area contributed by atoms with E-state index in [2.05, 4.69) is 20.9 Å². The van der Waals surface area contributed by atoms with E-state index >= 15 is 0 Å². The van der Waals surface area contributed by atoms with Gasteiger partial charge in [0, 0.05) is 43.1 Å². The zero-order valence-electron chi connectivity index (χ0n) is 11.6. The summed E-state index contributed by atoms with van der Waals surface area (Å²) < 4.78 is 32.8. The highest BCUT2D eigenvalue weighted by Gasteiger charge is 2.10. The van der Waals surface area contributed by atoms with E-state index in [0.29, 0.717) is 28.1 Å². The minimum absolute atomic E-state index is 0.329. The Kier molecular flexibility index (Phi) is 6.08. The van der Waals surface area contributed by atoms with Crippen molar-refractivity contribution >= 4 is 26.7 Å². The topological polar surface area (TPSA) is 44.1 Å². The van der Waals surface area contributed by atoms with Crippen LogP contribution in [0.5, 0.6) is 0 Å². The minimum atomic E-state index is -1.18. The first kappa shape index (κ1) is 16.3. The summed E-state index contributed by atoms with van der Waals surface area (Å²) in [5.74, 6) is 0.967. The number of nitrogens with zero attached hydrogens (tertiary/aromatic N) is 2. The molecule has 21 heavy (non-hydrogen) atoms. The second-order valence-corrected chi connectivity index (χ2v) is 6.83. The predicted molar refractivity (Wildman–Crippen MR) is 83.2 cm³/mol. The molecule has 4 nitrogen and oxygen atoms in total. The van der Waals surface area contributed by atoms with Crippen LogP contribution in [0.3, 0.4) is 0 Å². The first-order valence-electron chi connectivity index (χ1n) is 6.44. The molecule has 0 aliphatic heterocycles. The number of hydrogen-bond donors (Lipinski definition) is 0. The SMILES string of the molecule is COCCn1ccnc1CCS(=O)c1ccc(F)c(Br)c1. The van der Waals surface area contributed by atoms with Crippen LogP contribution < -0.4 is 0 Å². The van der Waals surface area contributed by atoms with Crippen molar-refractivity contribution < 1.29 is 13.3 Å². The predicted octanol–water partition coefficient (Wildman–Crippen LogP) is 2.78. The fourth-order valence-corrected chi connectivity index (χ4v) is 3.48. The second kappa shape index (κ2) is 7.82. The summed E-state index contributed by atoms with van der Waals surface area (Å²) in [4.78, 5) is 4.88. The van der Waals surface area contributed by atoms with Gasteiger partial charge in [0.1, 0.15) is 11.6 Å². The van der Waals surface area contributed by atoms with E-state index < -0.39 is 10.8 Å². The second-order valence-electron chi connectivity index (χ2n) is 4.41. The van der Waals surface area contributed by atoms with E-state index in [0.717, 1.165) is 12.4 Å². The maximum atomic E-state index is 13.2. The summed E-state index contributed by atoms with van der Waals surface area (Å²) in [5, 5.41) is 0. The van der Waals surface area contributed by atoms with Crippen LogP contribution in [-0.4, -0.2) is 33.2 Å². The molecule has 0 aliphatic rings. The van der Waals surface area contributed by atoms with Gasteiger partial charge in [0.2, 0.25) is 0 Å². The molecule has 2 aromatic rings. The van der Waals surface area contributed by atoms with Crippen LogP contribution in [0.15, 0.2) is 40.0 Å². The number of halogens is 2. The number of hydrogen-bond acceptors (Lipinski definition) is 3. The van der Waals surface area contributed by atoms with Crippen LogP contribution in [0.4, 0.5) is 4.39 Å². The van der Waals surface area contributed by atoms with Crippen molar-refractivity contribution in [3.63, 3.8) is 0 Å². The van der Waals surface area contributed by atoms with E-state index in [1.807, 2.05) is 10.8 Å². The quantitative estimate of drug-likeness (QED) is 0.748. The van der Waals surface area contributed by atoms with Crippen molar-refractivity contribution in [1.82, 2.24) is 9.55 Å². The highest BCUT2D eigenvalue weighted by molar-refractivity contribution is 9.10. The summed E-state index contributed by atoms with van der Waals surface area (Å²) in [7, 11) is 0.469. The van der Waals surface area contributed by atoms with Crippen LogP contribution in [0.25, 0.3) is 0 Å². The average Bonchev–Trinajstić information content (AvgIpc) is 2.92. The van der Waals surface area contributed by atoms with Crippen LogP contribution in [0.2, 0.25) is 0 Å². The first-order valence-corrected chi connectivity index (χ1v) is 8.55. The third kappa shape index (κ3) is 4.46. The normalized spacial score (nSPS) is 12.5. The molecule has 0 aliphatic carbocycles. The number of ether oxygens (including phenoxy) is 1. The Labute approximate surface area is 133 Å². The monoisotopic (exact) mass is 374 g/mol. The summed E-state index contributed by atoms with van der Waals surface area (Å²) >= 11 is 3.10. The van der Waals surface area contributed by atoms with Gasteiger partial charge in [0.05, 0.1) is 21.9 Å². The van der Waals surface area contributed by atoms with Gasteiger partial charge in [-0.3, -0.25) is 4.21 Å². The molecule has 0 spiro atoms. The molecule has 1 atom stereocenters. The Morgan fingerprint density at radius 3 is 3.00 bits per heavy atom. The largest absolute Gasteiger partial charge is 0.383 e. The molecule has 0 N–H and O–H groups in total. The Hall–Kier alpha value is -1.05. The lowest BCUT2D eigenvalue weighted by atomic mass is 10.3. The smallest absolute Gasteiger partial charge is 0.137 e. The van der Waals surface area contributed by atoms with Crippen LogP contribution in [-0.2, 0) is 28.5 Å². The molecule has 7 heteroatoms. The van der Waals surface area contributed by atoms with Crippen LogP contribution >= 0.6 is 15.9 Å². The van der Waals surface area contributed by atoms with E-state index in [-0.39, 0.29) is 5.82 Å². The van der Waals surface area contributed by atoms with Gasteiger partial charge in [-0.05, 0) is 34.1 Å². The minimum Gasteiger partial charge on any atom is -0.383 e. The average molecular weight is 375 g/mol. The van der Waals surface area contributed by atoms with Crippen molar-refractivity contribution in [2.75, 3.05) is 19.5 Å². The van der Waals surface area contributed by atoms with Gasteiger partial charge >= 0.3 is 0 Å². The molecule has 0 saturated heterocycles. The van der Waals surface area contributed by atoms with Gasteiger partial charge in [-0.15, -0.1) is 0 Å². The summed E-state index contributed by atoms with van der Waals surface area (Å²) in [5.41, 5.74) is 0. The number of rotatable bonds is 7. The lowest BCUT2D eigenvalue weighted by molar-refractivity contribution is 0.186. The number of aryl methyl sites for hydroxylation is 1. The van der Waals surface area contributed by atoms with Gasteiger partial charge in [-0.2, -0.15) is 0 Å². The number of imidazole rings is 1. The molecule has 0 bridgehead atoms. The fraction of sp³-hybridized carbons (Fsp3) is 0.357. The van der Waals surface area contributed by atoms with E-state index in [1.54, 1.807) is 25.4 Å². The lowest BCUT2D eigenvalue weighted by Crippen LogP contribution is -2.11. The summed E-state index contributed by atoms with van der Waals surface area (Å²) in [6.07, 6.45) is 4.20. The van der Waals surface area contributed by atoms with E-state index in [4.69, 9.17) is 4.74 Å². The summed E-state index contributed by atoms with van der Waals surface area (Å²) in [6.45, 7) is 1.33. The lowest BCUT2D eigenvalue weighted by Gasteiger charge is -2.07. The molecular weight excluding hydrogens is 359 g/mol. The molecule has 2 rings (SSSR count). The van der Waals surface area contributed by atoms with Gasteiger partial charge in [0.15, 0.2) is 0 Å². The number of benzene rings is 1. The molecule has 0 radical (unpaired) electrons. The zero-order chi connectivity index (χ0) is 15.2. The molecule has 1 unspecified atom stereocenters. The summed E-state index contributed by atoms with van der Waals surface area (Å²) in [6, 6.07) is 4.42. The van der Waals surface area contributed by atoms with Crippen molar-refractivity contribution in [1.29, 1.82) is 0 Å². The molecule has 1 aromatic carbocycles. The van der Waals surface area contributed by atoms with Crippen molar-refractivity contribution in [3.05, 3.63) is 46.7 Å². The number of aromatic nitrogens is 2. The molecule has 0 saturated carbocycles. The van der Waals surface area contributed by atoms with E-state index in [9.17, 15) is 8.60 Å². The Morgan fingerprint density at radius 1 is 1.48 bits per heavy atom. The van der Waals surface area contributed by atoms with Crippen molar-refractivity contribution in [2.45, 2.75) is 17.9 Å². The molecular formula is C14H16BrFN2O2S. The zero-order valence-corrected chi connectivity index (χ0v) is 14.0. The third-order valence-corrected chi connectivity index (χ3v) is 4.97. The molecule has 0 fully saturated rings. The Bertz CT molecular complexity index is 633. The first-order chi connectivity index (χ1) is 10.1. The Balaban J connectivity index is 1.97. The van der Waals surface area contributed by atoms with Crippen molar-refractivity contribution in [2.24, 2.45) is 0 Å². The fourth-order valence-electron chi connectivity index (χ4n) is 1.88. The highest BCUT2D eigenvalue weighted by atomic mass is 79.9. The molecule has 1 heterocycles. The van der Waals surface area contributed by atoms with Gasteiger partial charge < -0.3 is 9.30 Å². The van der Waals surface area contributed by atoms with Gasteiger partial charge in [0.25, 0.3) is 0 Å². The van der Waals surface area contributed by atoms with Gasteiger partial charge in [-0.1, -0.05) is 0 Å². The third-order valence-electron chi connectivity index (χ3n) is 3.00. The maximum Gasteiger partial charge on any atom is 0.137 e. The van der Waals surface area contributed by atoms with E-state index in [1.165, 1.54) is 6.07 Å². The van der Waals surface area contributed by atoms with Gasteiger partial charge in [-0.25, -0.2) is 9.37 Å².